The molecule has 0 N–H and O–H groups in total. The summed E-state index contributed by atoms with van der Waals surface area (Å²) >= 11 is 3.43. The second kappa shape index (κ2) is 2.63. The normalized spacial score (nSPS) is 10.9. The molecule has 1 aromatic heterocycles. The van der Waals surface area contributed by atoms with Crippen molar-refractivity contribution in [3.8, 4) is 0 Å². The van der Waals surface area contributed by atoms with Gasteiger partial charge in [-0.25, -0.2) is 0 Å². The molecule has 1 heterocycles. The van der Waals surface area contributed by atoms with Crippen molar-refractivity contribution in [3.05, 3.63) is 34.0 Å². The van der Waals surface area contributed by atoms with Crippen LogP contribution >= 0.6 is 15.9 Å². The lowest BCUT2D eigenvalue weighted by Gasteiger charge is -1.89. The Morgan fingerprint density at radius 2 is 2.17 bits per heavy atom. The first kappa shape index (κ1) is 7.87. The van der Waals surface area contributed by atoms with Gasteiger partial charge >= 0.3 is 0 Å². The first-order valence-electron chi connectivity index (χ1n) is 3.76. The molecule has 2 aromatic rings. The van der Waals surface area contributed by atoms with Gasteiger partial charge in [-0.1, -0.05) is 6.07 Å². The van der Waals surface area contributed by atoms with Gasteiger partial charge in [0.1, 0.15) is 11.3 Å². The summed E-state index contributed by atoms with van der Waals surface area (Å²) in [5.41, 5.74) is 2.07. The largest absolute Gasteiger partial charge is 0.460 e. The Labute approximate surface area is 79.5 Å². The zero-order valence-electron chi connectivity index (χ0n) is 6.94. The van der Waals surface area contributed by atoms with Gasteiger partial charge in [0.2, 0.25) is 0 Å². The molecule has 12 heavy (non-hydrogen) atoms. The molecule has 0 unspecified atom stereocenters. The van der Waals surface area contributed by atoms with Crippen molar-refractivity contribution in [1.82, 2.24) is 0 Å². The smallest absolute Gasteiger partial charge is 0.149 e. The van der Waals surface area contributed by atoms with Crippen LogP contribution in [0.25, 0.3) is 11.0 Å². The number of fused-ring (bicyclic) bond motifs is 1. The van der Waals surface area contributed by atoms with E-state index in [9.17, 15) is 0 Å². The van der Waals surface area contributed by atoms with Gasteiger partial charge in [0.05, 0.1) is 4.47 Å². The van der Waals surface area contributed by atoms with Gasteiger partial charge in [-0.2, -0.15) is 0 Å². The van der Waals surface area contributed by atoms with E-state index in [1.165, 1.54) is 5.56 Å². The highest BCUT2D eigenvalue weighted by atomic mass is 79.9. The van der Waals surface area contributed by atoms with Crippen molar-refractivity contribution in [3.63, 3.8) is 0 Å². The van der Waals surface area contributed by atoms with E-state index in [4.69, 9.17) is 4.42 Å². The molecule has 0 aliphatic heterocycles. The molecular formula is C10H8BrO. The minimum Gasteiger partial charge on any atom is -0.460 e. The van der Waals surface area contributed by atoms with Gasteiger partial charge in [0.15, 0.2) is 0 Å². The van der Waals surface area contributed by atoms with Crippen molar-refractivity contribution in [2.75, 3.05) is 0 Å². The lowest BCUT2D eigenvalue weighted by atomic mass is 10.2. The monoisotopic (exact) mass is 223 g/mol. The minimum absolute atomic E-state index is 0.896. The van der Waals surface area contributed by atoms with Crippen molar-refractivity contribution >= 4 is 26.9 Å². The molecule has 1 radical (unpaired) electrons. The molecule has 1 aromatic carbocycles. The number of hydrogen-bond donors (Lipinski definition) is 0. The fourth-order valence-electron chi connectivity index (χ4n) is 1.24. The Morgan fingerprint density at radius 1 is 1.42 bits per heavy atom. The summed E-state index contributed by atoms with van der Waals surface area (Å²) in [5.74, 6) is 0.966. The lowest BCUT2D eigenvalue weighted by molar-refractivity contribution is 0.573. The van der Waals surface area contributed by atoms with Crippen molar-refractivity contribution in [1.29, 1.82) is 0 Å². The van der Waals surface area contributed by atoms with Crippen LogP contribution in [0.2, 0.25) is 0 Å². The molecule has 0 spiro atoms. The van der Waals surface area contributed by atoms with Crippen LogP contribution in [0.3, 0.4) is 0 Å². The molecule has 61 valence electrons. The number of benzene rings is 1. The predicted octanol–water partition coefficient (Wildman–Crippen LogP) is 3.61. The average molecular weight is 224 g/mol. The maximum Gasteiger partial charge on any atom is 0.149 e. The van der Waals surface area contributed by atoms with E-state index in [0.29, 0.717) is 0 Å². The minimum atomic E-state index is 0.896. The van der Waals surface area contributed by atoms with Crippen molar-refractivity contribution in [2.45, 2.75) is 13.8 Å². The standard InChI is InChI=1S/C10H8BrO/c1-6-7(2)12-10-8(6)4-3-5-9(10)11/h3,5H,1-2H3. The molecule has 0 bridgehead atoms. The topological polar surface area (TPSA) is 13.1 Å². The van der Waals surface area contributed by atoms with Crippen LogP contribution in [0.4, 0.5) is 0 Å². The van der Waals surface area contributed by atoms with Crippen LogP contribution < -0.4 is 0 Å². The first-order chi connectivity index (χ1) is 5.70. The average Bonchev–Trinajstić information content (AvgIpc) is 2.32. The SMILES string of the molecule is Cc1oc2c(Br)cc[c]c2c1C. The van der Waals surface area contributed by atoms with E-state index < -0.39 is 0 Å². The zero-order chi connectivity index (χ0) is 8.72. The number of aryl methyl sites for hydroxylation is 2. The van der Waals surface area contributed by atoms with E-state index >= 15 is 0 Å². The maximum atomic E-state index is 5.55. The number of rotatable bonds is 0. The molecule has 0 atom stereocenters. The molecule has 0 saturated heterocycles. The predicted molar refractivity (Wildman–Crippen MR) is 52.2 cm³/mol. The molecule has 0 fully saturated rings. The summed E-state index contributed by atoms with van der Waals surface area (Å²) in [6, 6.07) is 6.99. The number of halogens is 1. The summed E-state index contributed by atoms with van der Waals surface area (Å²) in [6.07, 6.45) is 0. The summed E-state index contributed by atoms with van der Waals surface area (Å²) in [4.78, 5) is 0. The van der Waals surface area contributed by atoms with Crippen LogP contribution in [-0.2, 0) is 0 Å². The third-order valence-corrected chi connectivity index (χ3v) is 2.68. The molecule has 0 amide bonds. The molecule has 2 heteroatoms. The molecule has 0 aliphatic rings. The Balaban J connectivity index is 2.95. The van der Waals surface area contributed by atoms with Gasteiger partial charge in [-0.05, 0) is 47.5 Å². The van der Waals surface area contributed by atoms with Crippen LogP contribution in [-0.4, -0.2) is 0 Å². The second-order valence-electron chi connectivity index (χ2n) is 2.81. The van der Waals surface area contributed by atoms with Gasteiger partial charge in [-0.3, -0.25) is 0 Å². The van der Waals surface area contributed by atoms with E-state index in [1.54, 1.807) is 0 Å². The highest BCUT2D eigenvalue weighted by Gasteiger charge is 2.08. The van der Waals surface area contributed by atoms with Crippen molar-refractivity contribution in [2.24, 2.45) is 0 Å². The Hall–Kier alpha value is -0.760. The van der Waals surface area contributed by atoms with E-state index in [2.05, 4.69) is 22.0 Å². The Bertz CT molecular complexity index is 429. The summed E-state index contributed by atoms with van der Waals surface area (Å²) in [7, 11) is 0. The highest BCUT2D eigenvalue weighted by Crippen LogP contribution is 2.29. The van der Waals surface area contributed by atoms with E-state index in [0.717, 1.165) is 21.2 Å². The van der Waals surface area contributed by atoms with Gasteiger partial charge in [0.25, 0.3) is 0 Å². The second-order valence-corrected chi connectivity index (χ2v) is 3.67. The zero-order valence-corrected chi connectivity index (χ0v) is 8.53. The summed E-state index contributed by atoms with van der Waals surface area (Å²) in [5, 5.41) is 1.07. The van der Waals surface area contributed by atoms with Crippen LogP contribution in [0, 0.1) is 19.9 Å². The third-order valence-electron chi connectivity index (χ3n) is 2.06. The van der Waals surface area contributed by atoms with E-state index in [1.807, 2.05) is 26.0 Å². The summed E-state index contributed by atoms with van der Waals surface area (Å²) in [6.45, 7) is 4.01. The molecule has 2 rings (SSSR count). The van der Waals surface area contributed by atoms with Crippen LogP contribution in [0.5, 0.6) is 0 Å². The molecule has 0 saturated carbocycles. The molecular weight excluding hydrogens is 216 g/mol. The Morgan fingerprint density at radius 3 is 2.83 bits per heavy atom. The van der Waals surface area contributed by atoms with E-state index in [-0.39, 0.29) is 0 Å². The molecule has 1 nitrogen and oxygen atoms in total. The maximum absolute atomic E-state index is 5.55. The van der Waals surface area contributed by atoms with Gasteiger partial charge < -0.3 is 4.42 Å². The van der Waals surface area contributed by atoms with Gasteiger partial charge in [-0.15, -0.1) is 0 Å². The third kappa shape index (κ3) is 0.985. The Kier molecular flexibility index (Phi) is 1.72. The highest BCUT2D eigenvalue weighted by molar-refractivity contribution is 9.10. The van der Waals surface area contributed by atoms with Crippen LogP contribution in [0.15, 0.2) is 21.0 Å². The van der Waals surface area contributed by atoms with Gasteiger partial charge in [0, 0.05) is 5.39 Å². The first-order valence-corrected chi connectivity index (χ1v) is 4.55. The van der Waals surface area contributed by atoms with Crippen molar-refractivity contribution < 1.29 is 4.42 Å². The lowest BCUT2D eigenvalue weighted by Crippen LogP contribution is -1.70. The quantitative estimate of drug-likeness (QED) is 0.666. The summed E-state index contributed by atoms with van der Waals surface area (Å²) < 4.78 is 6.54. The van der Waals surface area contributed by atoms with Crippen LogP contribution in [0.1, 0.15) is 11.3 Å². The number of hydrogen-bond acceptors (Lipinski definition) is 1. The molecule has 0 aliphatic carbocycles. The fraction of sp³-hybridized carbons (Fsp3) is 0.200. The fourth-order valence-corrected chi connectivity index (χ4v) is 1.65. The number of furan rings is 1.